The molecule has 1 aliphatic carbocycles. The highest BCUT2D eigenvalue weighted by molar-refractivity contribution is 5.19. The first-order chi connectivity index (χ1) is 8.70. The van der Waals surface area contributed by atoms with Crippen LogP contribution in [0.25, 0.3) is 0 Å². The lowest BCUT2D eigenvalue weighted by Crippen LogP contribution is -2.36. The standard InChI is InChI=1S/C15H25NO2/c1-11-8-14(12(2)18-11)9-16-15-7-5-3-4-6-13(15)10-17/h8,13,15-17H,3-7,9-10H2,1-2H3. The van der Waals surface area contributed by atoms with Gasteiger partial charge in [-0.25, -0.2) is 0 Å². The second-order valence-electron chi connectivity index (χ2n) is 5.51. The van der Waals surface area contributed by atoms with Crippen molar-refractivity contribution in [1.29, 1.82) is 0 Å². The normalized spacial score (nSPS) is 25.1. The first kappa shape index (κ1) is 13.6. The Kier molecular flexibility index (Phi) is 4.84. The summed E-state index contributed by atoms with van der Waals surface area (Å²) in [5.41, 5.74) is 1.24. The summed E-state index contributed by atoms with van der Waals surface area (Å²) in [7, 11) is 0. The number of nitrogens with one attached hydrogen (secondary N) is 1. The third kappa shape index (κ3) is 3.36. The van der Waals surface area contributed by atoms with Crippen LogP contribution in [-0.4, -0.2) is 17.8 Å². The molecule has 0 amide bonds. The van der Waals surface area contributed by atoms with Crippen molar-refractivity contribution in [1.82, 2.24) is 5.32 Å². The molecule has 0 aromatic carbocycles. The highest BCUT2D eigenvalue weighted by Gasteiger charge is 2.22. The molecule has 1 fully saturated rings. The van der Waals surface area contributed by atoms with Gasteiger partial charge in [-0.1, -0.05) is 19.3 Å². The number of hydrogen-bond donors (Lipinski definition) is 2. The number of aryl methyl sites for hydroxylation is 2. The fourth-order valence-electron chi connectivity index (χ4n) is 2.97. The molecule has 1 aliphatic rings. The van der Waals surface area contributed by atoms with E-state index in [0.29, 0.717) is 18.6 Å². The van der Waals surface area contributed by atoms with Gasteiger partial charge in [-0.3, -0.25) is 0 Å². The van der Waals surface area contributed by atoms with Crippen LogP contribution in [0.2, 0.25) is 0 Å². The van der Waals surface area contributed by atoms with E-state index in [0.717, 1.165) is 24.5 Å². The fraction of sp³-hybridized carbons (Fsp3) is 0.733. The highest BCUT2D eigenvalue weighted by atomic mass is 16.3. The van der Waals surface area contributed by atoms with Crippen LogP contribution >= 0.6 is 0 Å². The second kappa shape index (κ2) is 6.39. The molecule has 1 aromatic heterocycles. The molecule has 3 nitrogen and oxygen atoms in total. The van der Waals surface area contributed by atoms with Gasteiger partial charge in [0.25, 0.3) is 0 Å². The van der Waals surface area contributed by atoms with Gasteiger partial charge >= 0.3 is 0 Å². The third-order valence-electron chi connectivity index (χ3n) is 4.09. The summed E-state index contributed by atoms with van der Waals surface area (Å²) in [4.78, 5) is 0. The maximum Gasteiger partial charge on any atom is 0.105 e. The van der Waals surface area contributed by atoms with E-state index in [2.05, 4.69) is 11.4 Å². The Morgan fingerprint density at radius 3 is 2.72 bits per heavy atom. The lowest BCUT2D eigenvalue weighted by Gasteiger charge is -2.24. The van der Waals surface area contributed by atoms with Crippen molar-refractivity contribution in [2.75, 3.05) is 6.61 Å². The summed E-state index contributed by atoms with van der Waals surface area (Å²) in [6, 6.07) is 2.56. The average molecular weight is 251 g/mol. The molecule has 0 spiro atoms. The smallest absolute Gasteiger partial charge is 0.105 e. The van der Waals surface area contributed by atoms with Crippen molar-refractivity contribution >= 4 is 0 Å². The van der Waals surface area contributed by atoms with Gasteiger partial charge in [0.1, 0.15) is 11.5 Å². The number of hydrogen-bond acceptors (Lipinski definition) is 3. The summed E-state index contributed by atoms with van der Waals surface area (Å²) >= 11 is 0. The van der Waals surface area contributed by atoms with E-state index in [1.165, 1.54) is 31.2 Å². The number of furan rings is 1. The van der Waals surface area contributed by atoms with Gasteiger partial charge in [0, 0.05) is 24.8 Å². The Morgan fingerprint density at radius 2 is 2.06 bits per heavy atom. The Morgan fingerprint density at radius 1 is 1.28 bits per heavy atom. The summed E-state index contributed by atoms with van der Waals surface area (Å²) < 4.78 is 5.54. The Labute approximate surface area is 110 Å². The zero-order chi connectivity index (χ0) is 13.0. The number of aliphatic hydroxyl groups is 1. The Bertz CT molecular complexity index is 373. The highest BCUT2D eigenvalue weighted by Crippen LogP contribution is 2.24. The molecule has 2 rings (SSSR count). The summed E-state index contributed by atoms with van der Waals surface area (Å²) in [6.45, 7) is 5.16. The molecular weight excluding hydrogens is 226 g/mol. The van der Waals surface area contributed by atoms with Crippen LogP contribution in [0.3, 0.4) is 0 Å². The van der Waals surface area contributed by atoms with Crippen molar-refractivity contribution in [2.24, 2.45) is 5.92 Å². The molecule has 0 radical (unpaired) electrons. The van der Waals surface area contributed by atoms with Crippen LogP contribution in [0.15, 0.2) is 10.5 Å². The van der Waals surface area contributed by atoms with E-state index in [1.54, 1.807) is 0 Å². The first-order valence-corrected chi connectivity index (χ1v) is 7.11. The molecule has 102 valence electrons. The summed E-state index contributed by atoms with van der Waals surface area (Å²) in [5, 5.41) is 13.1. The summed E-state index contributed by atoms with van der Waals surface area (Å²) in [6.07, 6.45) is 6.17. The Balaban J connectivity index is 1.92. The van der Waals surface area contributed by atoms with Crippen molar-refractivity contribution in [3.63, 3.8) is 0 Å². The monoisotopic (exact) mass is 251 g/mol. The van der Waals surface area contributed by atoms with E-state index >= 15 is 0 Å². The molecule has 2 N–H and O–H groups in total. The molecule has 2 unspecified atom stereocenters. The Hall–Kier alpha value is -0.800. The van der Waals surface area contributed by atoms with Crippen molar-refractivity contribution in [2.45, 2.75) is 58.5 Å². The minimum Gasteiger partial charge on any atom is -0.466 e. The zero-order valence-corrected chi connectivity index (χ0v) is 11.5. The molecule has 0 saturated heterocycles. The predicted octanol–water partition coefficient (Wildman–Crippen LogP) is 2.93. The number of rotatable bonds is 4. The van der Waals surface area contributed by atoms with Gasteiger partial charge in [-0.15, -0.1) is 0 Å². The maximum atomic E-state index is 9.48. The van der Waals surface area contributed by atoms with Gasteiger partial charge in [-0.05, 0) is 38.7 Å². The minimum atomic E-state index is 0.307. The molecule has 1 saturated carbocycles. The largest absolute Gasteiger partial charge is 0.466 e. The molecule has 0 bridgehead atoms. The van der Waals surface area contributed by atoms with E-state index in [9.17, 15) is 5.11 Å². The van der Waals surface area contributed by atoms with Crippen LogP contribution in [0.5, 0.6) is 0 Å². The van der Waals surface area contributed by atoms with Gasteiger partial charge in [0.05, 0.1) is 0 Å². The second-order valence-corrected chi connectivity index (χ2v) is 5.51. The molecular formula is C15H25NO2. The number of aliphatic hydroxyl groups excluding tert-OH is 1. The maximum absolute atomic E-state index is 9.48. The SMILES string of the molecule is Cc1cc(CNC2CCCCCC2CO)c(C)o1. The summed E-state index contributed by atoms with van der Waals surface area (Å²) in [5.74, 6) is 2.40. The lowest BCUT2D eigenvalue weighted by atomic mass is 9.95. The van der Waals surface area contributed by atoms with E-state index in [4.69, 9.17) is 4.42 Å². The quantitative estimate of drug-likeness (QED) is 0.809. The average Bonchev–Trinajstić information content (AvgIpc) is 2.55. The van der Waals surface area contributed by atoms with Crippen LogP contribution in [-0.2, 0) is 6.54 Å². The molecule has 1 heterocycles. The van der Waals surface area contributed by atoms with E-state index < -0.39 is 0 Å². The van der Waals surface area contributed by atoms with Crippen molar-refractivity contribution < 1.29 is 9.52 Å². The zero-order valence-electron chi connectivity index (χ0n) is 11.5. The van der Waals surface area contributed by atoms with Gasteiger partial charge < -0.3 is 14.8 Å². The lowest BCUT2D eigenvalue weighted by molar-refractivity contribution is 0.181. The fourth-order valence-corrected chi connectivity index (χ4v) is 2.97. The van der Waals surface area contributed by atoms with E-state index in [-0.39, 0.29) is 0 Å². The minimum absolute atomic E-state index is 0.307. The van der Waals surface area contributed by atoms with Gasteiger partial charge in [0.15, 0.2) is 0 Å². The van der Waals surface area contributed by atoms with Crippen LogP contribution < -0.4 is 5.32 Å². The van der Waals surface area contributed by atoms with Crippen LogP contribution in [0, 0.1) is 19.8 Å². The van der Waals surface area contributed by atoms with Crippen molar-refractivity contribution in [3.05, 3.63) is 23.2 Å². The van der Waals surface area contributed by atoms with Gasteiger partial charge in [-0.2, -0.15) is 0 Å². The molecule has 2 atom stereocenters. The molecule has 1 aromatic rings. The van der Waals surface area contributed by atoms with Crippen LogP contribution in [0.4, 0.5) is 0 Å². The topological polar surface area (TPSA) is 45.4 Å². The van der Waals surface area contributed by atoms with Gasteiger partial charge in [0.2, 0.25) is 0 Å². The van der Waals surface area contributed by atoms with E-state index in [1.807, 2.05) is 13.8 Å². The van der Waals surface area contributed by atoms with Crippen molar-refractivity contribution in [3.8, 4) is 0 Å². The predicted molar refractivity (Wildman–Crippen MR) is 72.5 cm³/mol. The molecule has 18 heavy (non-hydrogen) atoms. The molecule has 3 heteroatoms. The first-order valence-electron chi connectivity index (χ1n) is 7.11. The third-order valence-corrected chi connectivity index (χ3v) is 4.09. The molecule has 0 aliphatic heterocycles. The van der Waals surface area contributed by atoms with Crippen LogP contribution in [0.1, 0.15) is 49.2 Å².